The summed E-state index contributed by atoms with van der Waals surface area (Å²) in [6, 6.07) is 8.73. The standard InChI is InChI=1S/C19H29ClN4.HI/c1-21-19(22-12-14-8-9-14)23-13-16-6-4-10-24(2)18(16)15-5-3-7-17(20)11-15;/h3,5,7,11,14,16,18H,4,6,8-10,12-13H2,1-2H3,(H2,21,22,23);1H. The lowest BCUT2D eigenvalue weighted by atomic mass is 9.85. The van der Waals surface area contributed by atoms with Gasteiger partial charge in [0.1, 0.15) is 0 Å². The first-order chi connectivity index (χ1) is 11.7. The molecular formula is C19H30ClIN4. The number of rotatable bonds is 5. The number of benzene rings is 1. The van der Waals surface area contributed by atoms with Crippen LogP contribution in [-0.2, 0) is 0 Å². The van der Waals surface area contributed by atoms with Gasteiger partial charge in [-0.1, -0.05) is 23.7 Å². The first-order valence-corrected chi connectivity index (χ1v) is 9.45. The van der Waals surface area contributed by atoms with Gasteiger partial charge in [-0.25, -0.2) is 0 Å². The van der Waals surface area contributed by atoms with Crippen LogP contribution in [0.25, 0.3) is 0 Å². The van der Waals surface area contributed by atoms with Gasteiger partial charge in [0.15, 0.2) is 5.96 Å². The fraction of sp³-hybridized carbons (Fsp3) is 0.632. The average molecular weight is 477 g/mol. The maximum Gasteiger partial charge on any atom is 0.190 e. The number of aliphatic imine (C=N–C) groups is 1. The summed E-state index contributed by atoms with van der Waals surface area (Å²) in [5.74, 6) is 2.34. The zero-order valence-electron chi connectivity index (χ0n) is 15.2. The Kier molecular flexibility index (Phi) is 8.29. The molecule has 2 unspecified atom stereocenters. The van der Waals surface area contributed by atoms with Gasteiger partial charge in [0.2, 0.25) is 0 Å². The number of guanidine groups is 1. The van der Waals surface area contributed by atoms with Crippen LogP contribution in [0.4, 0.5) is 0 Å². The van der Waals surface area contributed by atoms with E-state index in [1.165, 1.54) is 31.2 Å². The Balaban J connectivity index is 0.00000225. The van der Waals surface area contributed by atoms with E-state index < -0.39 is 0 Å². The van der Waals surface area contributed by atoms with Crippen molar-refractivity contribution in [3.63, 3.8) is 0 Å². The van der Waals surface area contributed by atoms with E-state index in [1.807, 2.05) is 13.1 Å². The second-order valence-corrected chi connectivity index (χ2v) is 7.60. The third-order valence-electron chi connectivity index (χ3n) is 5.21. The molecular weight excluding hydrogens is 447 g/mol. The number of nitrogens with one attached hydrogen (secondary N) is 2. The number of piperidine rings is 1. The normalized spacial score (nSPS) is 24.5. The molecule has 25 heavy (non-hydrogen) atoms. The Labute approximate surface area is 173 Å². The molecule has 0 radical (unpaired) electrons. The summed E-state index contributed by atoms with van der Waals surface area (Å²) in [5, 5.41) is 7.81. The van der Waals surface area contributed by atoms with Gasteiger partial charge in [0, 0.05) is 31.2 Å². The van der Waals surface area contributed by atoms with Crippen LogP contribution in [0.5, 0.6) is 0 Å². The molecule has 2 aliphatic rings. The summed E-state index contributed by atoms with van der Waals surface area (Å²) in [4.78, 5) is 6.82. The molecule has 1 saturated heterocycles. The molecule has 1 heterocycles. The number of halogens is 2. The van der Waals surface area contributed by atoms with Crippen LogP contribution in [0, 0.1) is 11.8 Å². The topological polar surface area (TPSA) is 39.7 Å². The molecule has 3 rings (SSSR count). The molecule has 1 aromatic rings. The molecule has 1 aromatic carbocycles. The molecule has 140 valence electrons. The molecule has 0 amide bonds. The van der Waals surface area contributed by atoms with Crippen molar-refractivity contribution >= 4 is 41.5 Å². The molecule has 2 N–H and O–H groups in total. The lowest BCUT2D eigenvalue weighted by Crippen LogP contribution is -2.45. The molecule has 2 fully saturated rings. The SMILES string of the molecule is CN=C(NCC1CC1)NCC1CCCN(C)C1c1cccc(Cl)c1.I. The molecule has 0 spiro atoms. The van der Waals surface area contributed by atoms with E-state index in [4.69, 9.17) is 11.6 Å². The largest absolute Gasteiger partial charge is 0.356 e. The van der Waals surface area contributed by atoms with Crippen LogP contribution in [0.1, 0.15) is 37.3 Å². The molecule has 1 aliphatic carbocycles. The highest BCUT2D eigenvalue weighted by Crippen LogP contribution is 2.35. The lowest BCUT2D eigenvalue weighted by molar-refractivity contribution is 0.122. The molecule has 0 aromatic heterocycles. The zero-order chi connectivity index (χ0) is 16.9. The van der Waals surface area contributed by atoms with Crippen molar-refractivity contribution in [2.24, 2.45) is 16.8 Å². The van der Waals surface area contributed by atoms with Crippen molar-refractivity contribution in [3.8, 4) is 0 Å². The molecule has 1 aliphatic heterocycles. The van der Waals surface area contributed by atoms with Gasteiger partial charge in [-0.2, -0.15) is 0 Å². The summed E-state index contributed by atoms with van der Waals surface area (Å²) in [6.45, 7) is 3.12. The Morgan fingerprint density at radius 1 is 1.24 bits per heavy atom. The highest BCUT2D eigenvalue weighted by atomic mass is 127. The van der Waals surface area contributed by atoms with Gasteiger partial charge in [0.25, 0.3) is 0 Å². The minimum Gasteiger partial charge on any atom is -0.356 e. The van der Waals surface area contributed by atoms with Crippen LogP contribution in [0.15, 0.2) is 29.3 Å². The smallest absolute Gasteiger partial charge is 0.190 e. The maximum absolute atomic E-state index is 6.22. The molecule has 6 heteroatoms. The summed E-state index contributed by atoms with van der Waals surface area (Å²) in [6.07, 6.45) is 5.19. The predicted molar refractivity (Wildman–Crippen MR) is 117 cm³/mol. The predicted octanol–water partition coefficient (Wildman–Crippen LogP) is 3.92. The van der Waals surface area contributed by atoms with Gasteiger partial charge >= 0.3 is 0 Å². The Morgan fingerprint density at radius 2 is 2.00 bits per heavy atom. The third kappa shape index (κ3) is 6.00. The Hall–Kier alpha value is -0.530. The Morgan fingerprint density at radius 3 is 2.68 bits per heavy atom. The number of likely N-dealkylation sites (tertiary alicyclic amines) is 1. The van der Waals surface area contributed by atoms with E-state index >= 15 is 0 Å². The van der Waals surface area contributed by atoms with Gasteiger partial charge in [0.05, 0.1) is 0 Å². The van der Waals surface area contributed by atoms with E-state index in [1.54, 1.807) is 0 Å². The lowest BCUT2D eigenvalue weighted by Gasteiger charge is -2.40. The van der Waals surface area contributed by atoms with E-state index in [0.717, 1.165) is 36.5 Å². The average Bonchev–Trinajstić information content (AvgIpc) is 3.39. The van der Waals surface area contributed by atoms with Gasteiger partial charge in [-0.15, -0.1) is 24.0 Å². The van der Waals surface area contributed by atoms with E-state index in [9.17, 15) is 0 Å². The van der Waals surface area contributed by atoms with Crippen molar-refractivity contribution in [2.45, 2.75) is 31.7 Å². The van der Waals surface area contributed by atoms with E-state index in [-0.39, 0.29) is 24.0 Å². The monoisotopic (exact) mass is 476 g/mol. The van der Waals surface area contributed by atoms with Crippen molar-refractivity contribution in [1.29, 1.82) is 0 Å². The van der Waals surface area contributed by atoms with Crippen molar-refractivity contribution in [1.82, 2.24) is 15.5 Å². The van der Waals surface area contributed by atoms with Crippen LogP contribution < -0.4 is 10.6 Å². The fourth-order valence-corrected chi connectivity index (χ4v) is 3.90. The summed E-state index contributed by atoms with van der Waals surface area (Å²) >= 11 is 6.22. The summed E-state index contributed by atoms with van der Waals surface area (Å²) in [7, 11) is 4.07. The van der Waals surface area contributed by atoms with Crippen LogP contribution in [0.3, 0.4) is 0 Å². The number of hydrogen-bond donors (Lipinski definition) is 2. The molecule has 0 bridgehead atoms. The highest BCUT2D eigenvalue weighted by Gasteiger charge is 2.30. The van der Waals surface area contributed by atoms with Gasteiger partial charge < -0.3 is 10.6 Å². The van der Waals surface area contributed by atoms with Crippen LogP contribution >= 0.6 is 35.6 Å². The van der Waals surface area contributed by atoms with Crippen LogP contribution in [-0.4, -0.2) is 44.6 Å². The first kappa shape index (κ1) is 20.8. The van der Waals surface area contributed by atoms with Crippen molar-refractivity contribution in [2.75, 3.05) is 33.7 Å². The van der Waals surface area contributed by atoms with Crippen LogP contribution in [0.2, 0.25) is 5.02 Å². The highest BCUT2D eigenvalue weighted by molar-refractivity contribution is 14.0. The minimum absolute atomic E-state index is 0. The van der Waals surface area contributed by atoms with Crippen molar-refractivity contribution in [3.05, 3.63) is 34.9 Å². The second kappa shape index (κ2) is 9.97. The molecule has 4 nitrogen and oxygen atoms in total. The van der Waals surface area contributed by atoms with Gasteiger partial charge in [-0.05, 0) is 68.8 Å². The van der Waals surface area contributed by atoms with Gasteiger partial charge in [-0.3, -0.25) is 9.89 Å². The second-order valence-electron chi connectivity index (χ2n) is 7.16. The number of nitrogens with zero attached hydrogens (tertiary/aromatic N) is 2. The third-order valence-corrected chi connectivity index (χ3v) is 5.44. The zero-order valence-corrected chi connectivity index (χ0v) is 18.3. The summed E-state index contributed by atoms with van der Waals surface area (Å²) < 4.78 is 0. The van der Waals surface area contributed by atoms with Crippen molar-refractivity contribution < 1.29 is 0 Å². The Bertz CT molecular complexity index is 576. The fourth-order valence-electron chi connectivity index (χ4n) is 3.70. The van der Waals surface area contributed by atoms with E-state index in [2.05, 4.69) is 45.8 Å². The van der Waals surface area contributed by atoms with E-state index in [0.29, 0.717) is 12.0 Å². The molecule has 2 atom stereocenters. The maximum atomic E-state index is 6.22. The first-order valence-electron chi connectivity index (χ1n) is 9.07. The quantitative estimate of drug-likeness (QED) is 0.384. The number of hydrogen-bond acceptors (Lipinski definition) is 2. The summed E-state index contributed by atoms with van der Waals surface area (Å²) in [5.41, 5.74) is 1.32. The minimum atomic E-state index is 0. The molecule has 1 saturated carbocycles.